The molecule has 2 aliphatic heterocycles. The van der Waals surface area contributed by atoms with Crippen molar-refractivity contribution in [3.05, 3.63) is 64.2 Å². The number of fused-ring (bicyclic) bond motifs is 4. The first-order chi connectivity index (χ1) is 12.1. The van der Waals surface area contributed by atoms with Crippen LogP contribution in [0.25, 0.3) is 16.6 Å². The van der Waals surface area contributed by atoms with Crippen molar-refractivity contribution in [2.24, 2.45) is 0 Å². The highest BCUT2D eigenvalue weighted by atomic mass is 35.5. The summed E-state index contributed by atoms with van der Waals surface area (Å²) in [5.74, 6) is 1.66. The van der Waals surface area contributed by atoms with Gasteiger partial charge in [-0.05, 0) is 30.3 Å². The van der Waals surface area contributed by atoms with Gasteiger partial charge in [0.25, 0.3) is 0 Å². The molecule has 0 fully saturated rings. The first-order valence-corrected chi connectivity index (χ1v) is 8.73. The molecular formula is C18H14Cl2N4O. The number of halogens is 2. The number of imidazole rings is 1. The smallest absolute Gasteiger partial charge is 0.144 e. The Kier molecular flexibility index (Phi) is 3.25. The molecule has 0 amide bonds. The molecule has 3 aromatic rings. The molecule has 5 nitrogen and oxygen atoms in total. The lowest BCUT2D eigenvalue weighted by Crippen LogP contribution is -2.33. The predicted molar refractivity (Wildman–Crippen MR) is 99.6 cm³/mol. The zero-order valence-corrected chi connectivity index (χ0v) is 14.6. The van der Waals surface area contributed by atoms with Crippen LogP contribution in [0.1, 0.15) is 5.82 Å². The molecule has 0 spiro atoms. The molecule has 2 aromatic carbocycles. The van der Waals surface area contributed by atoms with Crippen LogP contribution < -0.4 is 10.2 Å². The van der Waals surface area contributed by atoms with Gasteiger partial charge in [0.05, 0.1) is 29.8 Å². The third-order valence-electron chi connectivity index (χ3n) is 4.67. The zero-order chi connectivity index (χ0) is 17.1. The summed E-state index contributed by atoms with van der Waals surface area (Å²) in [6.45, 7) is 1.02. The second-order valence-electron chi connectivity index (χ2n) is 6.20. The number of anilines is 1. The average Bonchev–Trinajstić information content (AvgIpc) is 3.12. The second kappa shape index (κ2) is 5.39. The predicted octanol–water partition coefficient (Wildman–Crippen LogP) is 3.45. The number of aromatic nitrogens is 2. The van der Waals surface area contributed by atoms with Gasteiger partial charge in [0, 0.05) is 15.7 Å². The molecule has 25 heavy (non-hydrogen) atoms. The summed E-state index contributed by atoms with van der Waals surface area (Å²) >= 11 is 12.3. The SMILES string of the molecule is OC1CN(c2cc(Cl)cc(Cl)c2)C2=C1c1nc3ccccc3n1CN2. The van der Waals surface area contributed by atoms with Crippen LogP contribution in [-0.2, 0) is 6.67 Å². The number of hydrogen-bond donors (Lipinski definition) is 2. The Morgan fingerprint density at radius 1 is 1.12 bits per heavy atom. The molecule has 1 atom stereocenters. The fraction of sp³-hybridized carbons (Fsp3) is 0.167. The lowest BCUT2D eigenvalue weighted by Gasteiger charge is -2.27. The Morgan fingerprint density at radius 2 is 1.88 bits per heavy atom. The Morgan fingerprint density at radius 3 is 2.68 bits per heavy atom. The number of β-amino-alcohol motifs (C(OH)–C–C–N with tert-alkyl or cyclic N) is 1. The highest BCUT2D eigenvalue weighted by Crippen LogP contribution is 2.38. The van der Waals surface area contributed by atoms with Crippen LogP contribution >= 0.6 is 23.2 Å². The second-order valence-corrected chi connectivity index (χ2v) is 7.08. The quantitative estimate of drug-likeness (QED) is 0.686. The molecular weight excluding hydrogens is 359 g/mol. The van der Waals surface area contributed by atoms with Crippen LogP contribution in [0, 0.1) is 0 Å². The van der Waals surface area contributed by atoms with Crippen LogP contribution in [-0.4, -0.2) is 27.3 Å². The summed E-state index contributed by atoms with van der Waals surface area (Å²) < 4.78 is 2.09. The largest absolute Gasteiger partial charge is 0.386 e. The van der Waals surface area contributed by atoms with Crippen LogP contribution in [0.5, 0.6) is 0 Å². The van der Waals surface area contributed by atoms with Crippen molar-refractivity contribution in [2.75, 3.05) is 11.4 Å². The molecule has 1 unspecified atom stereocenters. The third kappa shape index (κ3) is 2.24. The number of aliphatic hydroxyl groups excluding tert-OH is 1. The van der Waals surface area contributed by atoms with E-state index in [1.165, 1.54) is 0 Å². The van der Waals surface area contributed by atoms with Crippen molar-refractivity contribution in [2.45, 2.75) is 12.8 Å². The standard InChI is InChI=1S/C18H14Cl2N4O/c19-10-5-11(20)7-12(6-10)23-8-15(25)16-17(23)21-9-24-14-4-2-1-3-13(14)22-18(16)24/h1-7,15,21,25H,8-9H2. The Bertz CT molecular complexity index is 1020. The van der Waals surface area contributed by atoms with Crippen LogP contribution in [0.3, 0.4) is 0 Å². The van der Waals surface area contributed by atoms with E-state index in [9.17, 15) is 5.11 Å². The first kappa shape index (κ1) is 15.1. The van der Waals surface area contributed by atoms with Crippen LogP contribution in [0.15, 0.2) is 48.3 Å². The summed E-state index contributed by atoms with van der Waals surface area (Å²) in [7, 11) is 0. The molecule has 0 saturated carbocycles. The summed E-state index contributed by atoms with van der Waals surface area (Å²) in [5.41, 5.74) is 3.62. The minimum Gasteiger partial charge on any atom is -0.386 e. The number of nitrogens with one attached hydrogen (secondary N) is 1. The maximum absolute atomic E-state index is 10.7. The van der Waals surface area contributed by atoms with E-state index in [0.717, 1.165) is 33.9 Å². The van der Waals surface area contributed by atoms with Gasteiger partial charge in [-0.2, -0.15) is 0 Å². The van der Waals surface area contributed by atoms with Gasteiger partial charge in [-0.3, -0.25) is 0 Å². The Balaban J connectivity index is 1.68. The lowest BCUT2D eigenvalue weighted by molar-refractivity contribution is 0.246. The third-order valence-corrected chi connectivity index (χ3v) is 5.11. The summed E-state index contributed by atoms with van der Waals surface area (Å²) in [5, 5.41) is 15.3. The molecule has 5 rings (SSSR count). The van der Waals surface area contributed by atoms with Crippen molar-refractivity contribution in [1.29, 1.82) is 0 Å². The number of aliphatic hydroxyl groups is 1. The van der Waals surface area contributed by atoms with Gasteiger partial charge in [-0.1, -0.05) is 35.3 Å². The molecule has 3 heterocycles. The molecule has 2 aliphatic rings. The minimum atomic E-state index is -0.642. The maximum Gasteiger partial charge on any atom is 0.144 e. The van der Waals surface area contributed by atoms with Gasteiger partial charge >= 0.3 is 0 Å². The minimum absolute atomic E-state index is 0.428. The molecule has 0 radical (unpaired) electrons. The average molecular weight is 373 g/mol. The summed E-state index contributed by atoms with van der Waals surface area (Å²) in [6, 6.07) is 13.4. The maximum atomic E-state index is 10.7. The van der Waals surface area contributed by atoms with Gasteiger partial charge in [0.1, 0.15) is 17.7 Å². The van der Waals surface area contributed by atoms with Crippen molar-refractivity contribution < 1.29 is 5.11 Å². The fourth-order valence-corrected chi connectivity index (χ4v) is 4.14. The van der Waals surface area contributed by atoms with Crippen LogP contribution in [0.2, 0.25) is 10.0 Å². The van der Waals surface area contributed by atoms with Crippen LogP contribution in [0.4, 0.5) is 5.69 Å². The summed E-state index contributed by atoms with van der Waals surface area (Å²) in [6.07, 6.45) is -0.642. The number of nitrogens with zero attached hydrogens (tertiary/aromatic N) is 3. The van der Waals surface area contributed by atoms with Crippen molar-refractivity contribution in [1.82, 2.24) is 14.9 Å². The number of benzene rings is 2. The van der Waals surface area contributed by atoms with E-state index in [-0.39, 0.29) is 0 Å². The molecule has 0 saturated heterocycles. The van der Waals surface area contributed by atoms with Gasteiger partial charge in [0.2, 0.25) is 0 Å². The van der Waals surface area contributed by atoms with Gasteiger partial charge in [-0.15, -0.1) is 0 Å². The zero-order valence-electron chi connectivity index (χ0n) is 13.1. The monoisotopic (exact) mass is 372 g/mol. The number of hydrogen-bond acceptors (Lipinski definition) is 4. The highest BCUT2D eigenvalue weighted by Gasteiger charge is 2.37. The highest BCUT2D eigenvalue weighted by molar-refractivity contribution is 6.35. The van der Waals surface area contributed by atoms with E-state index in [0.29, 0.717) is 23.3 Å². The Hall–Kier alpha value is -2.21. The molecule has 0 bridgehead atoms. The topological polar surface area (TPSA) is 53.3 Å². The van der Waals surface area contributed by atoms with Gasteiger partial charge in [0.15, 0.2) is 0 Å². The van der Waals surface area contributed by atoms with Crippen molar-refractivity contribution >= 4 is 45.5 Å². The van der Waals surface area contributed by atoms with E-state index in [2.05, 4.69) is 9.88 Å². The number of para-hydroxylation sites is 2. The van der Waals surface area contributed by atoms with Crippen molar-refractivity contribution in [3.63, 3.8) is 0 Å². The molecule has 0 aliphatic carbocycles. The van der Waals surface area contributed by atoms with E-state index in [4.69, 9.17) is 28.2 Å². The van der Waals surface area contributed by atoms with Crippen molar-refractivity contribution in [3.8, 4) is 0 Å². The normalized spacial score (nSPS) is 19.2. The fourth-order valence-electron chi connectivity index (χ4n) is 3.63. The first-order valence-electron chi connectivity index (χ1n) is 7.97. The van der Waals surface area contributed by atoms with E-state index in [1.54, 1.807) is 6.07 Å². The number of rotatable bonds is 1. The summed E-state index contributed by atoms with van der Waals surface area (Å²) in [4.78, 5) is 6.74. The lowest BCUT2D eigenvalue weighted by atomic mass is 10.1. The van der Waals surface area contributed by atoms with E-state index in [1.807, 2.05) is 41.3 Å². The molecule has 126 valence electrons. The van der Waals surface area contributed by atoms with E-state index >= 15 is 0 Å². The Labute approximate surface area is 154 Å². The molecule has 1 aromatic heterocycles. The van der Waals surface area contributed by atoms with Gasteiger partial charge < -0.3 is 19.9 Å². The molecule has 7 heteroatoms. The van der Waals surface area contributed by atoms with E-state index < -0.39 is 6.10 Å². The van der Waals surface area contributed by atoms with Gasteiger partial charge in [-0.25, -0.2) is 4.98 Å². The molecule has 2 N–H and O–H groups in total.